The average Bonchev–Trinajstić information content (AvgIpc) is 3.10. The molecule has 0 bridgehead atoms. The summed E-state index contributed by atoms with van der Waals surface area (Å²) in [7, 11) is 0. The van der Waals surface area contributed by atoms with Crippen LogP contribution in [-0.4, -0.2) is 52.9 Å². The first-order valence-corrected chi connectivity index (χ1v) is 8.92. The van der Waals surface area contributed by atoms with Gasteiger partial charge in [-0.15, -0.1) is 0 Å². The lowest BCUT2D eigenvalue weighted by Gasteiger charge is -2.36. The normalized spacial score (nSPS) is 20.5. The summed E-state index contributed by atoms with van der Waals surface area (Å²) in [6.45, 7) is 2.17. The van der Waals surface area contributed by atoms with Crippen molar-refractivity contribution in [2.45, 2.75) is 38.2 Å². The fourth-order valence-corrected chi connectivity index (χ4v) is 3.71. The minimum Gasteiger partial charge on any atom is -0.388 e. The van der Waals surface area contributed by atoms with Crippen LogP contribution in [0.5, 0.6) is 0 Å². The first-order valence-electron chi connectivity index (χ1n) is 8.92. The molecule has 5 heteroatoms. The smallest absolute Gasteiger partial charge is 0.242 e. The molecule has 1 saturated carbocycles. The lowest BCUT2D eigenvalue weighted by Crippen LogP contribution is -2.53. The maximum Gasteiger partial charge on any atom is 0.242 e. The second kappa shape index (κ2) is 7.79. The van der Waals surface area contributed by atoms with Crippen LogP contribution >= 0.6 is 0 Å². The van der Waals surface area contributed by atoms with E-state index in [1.165, 1.54) is 25.7 Å². The Bertz CT molecular complexity index is 569. The van der Waals surface area contributed by atoms with Crippen molar-refractivity contribution in [2.75, 3.05) is 26.2 Å². The molecule has 1 aliphatic heterocycles. The Morgan fingerprint density at radius 1 is 1.17 bits per heavy atom. The van der Waals surface area contributed by atoms with Gasteiger partial charge >= 0.3 is 0 Å². The van der Waals surface area contributed by atoms with Gasteiger partial charge in [-0.1, -0.05) is 43.2 Å². The van der Waals surface area contributed by atoms with Crippen LogP contribution in [0.1, 0.15) is 43.8 Å². The van der Waals surface area contributed by atoms with Gasteiger partial charge in [0.15, 0.2) is 0 Å². The van der Waals surface area contributed by atoms with E-state index in [-0.39, 0.29) is 24.8 Å². The highest BCUT2D eigenvalue weighted by molar-refractivity contribution is 5.86. The molecule has 24 heavy (non-hydrogen) atoms. The molecule has 0 radical (unpaired) electrons. The third-order valence-electron chi connectivity index (χ3n) is 5.18. The highest BCUT2D eigenvalue weighted by Gasteiger charge is 2.30. The van der Waals surface area contributed by atoms with Crippen LogP contribution in [0.3, 0.4) is 0 Å². The van der Waals surface area contributed by atoms with Crippen LogP contribution < -0.4 is 0 Å². The fraction of sp³-hybridized carbons (Fsp3) is 0.579. The Labute approximate surface area is 143 Å². The Hall–Kier alpha value is -1.88. The third kappa shape index (κ3) is 4.15. The van der Waals surface area contributed by atoms with Crippen LogP contribution in [-0.2, 0) is 9.59 Å². The zero-order valence-electron chi connectivity index (χ0n) is 14.1. The van der Waals surface area contributed by atoms with E-state index in [4.69, 9.17) is 0 Å². The molecule has 1 aliphatic carbocycles. The van der Waals surface area contributed by atoms with Gasteiger partial charge in [0.05, 0.1) is 19.1 Å². The number of carbonyl (C=O) groups excluding carboxylic acids is 2. The first-order chi connectivity index (χ1) is 11.6. The molecule has 1 aromatic carbocycles. The second-order valence-corrected chi connectivity index (χ2v) is 6.94. The Morgan fingerprint density at radius 2 is 1.88 bits per heavy atom. The highest BCUT2D eigenvalue weighted by atomic mass is 16.3. The maximum absolute atomic E-state index is 12.4. The minimum absolute atomic E-state index is 0.0277. The van der Waals surface area contributed by atoms with Gasteiger partial charge in [-0.25, -0.2) is 0 Å². The zero-order chi connectivity index (χ0) is 16.9. The van der Waals surface area contributed by atoms with Crippen LogP contribution in [0, 0.1) is 5.92 Å². The van der Waals surface area contributed by atoms with Crippen molar-refractivity contribution in [1.82, 2.24) is 9.80 Å². The number of hydrogen-bond acceptors (Lipinski definition) is 3. The number of aliphatic hydroxyl groups excluding tert-OH is 1. The van der Waals surface area contributed by atoms with Gasteiger partial charge in [0.1, 0.15) is 0 Å². The number of carbonyl (C=O) groups is 2. The van der Waals surface area contributed by atoms with Gasteiger partial charge in [-0.2, -0.15) is 0 Å². The van der Waals surface area contributed by atoms with Gasteiger partial charge in [-0.05, 0) is 24.3 Å². The Kier molecular flexibility index (Phi) is 5.51. The van der Waals surface area contributed by atoms with E-state index >= 15 is 0 Å². The number of nitrogens with zero attached hydrogens (tertiary/aromatic N) is 2. The minimum atomic E-state index is -0.815. The molecule has 1 heterocycles. The molecule has 2 fully saturated rings. The number of benzene rings is 1. The predicted octanol–water partition coefficient (Wildman–Crippen LogP) is 1.97. The highest BCUT2D eigenvalue weighted by Crippen LogP contribution is 2.26. The molecule has 1 saturated heterocycles. The molecule has 0 aromatic heterocycles. The van der Waals surface area contributed by atoms with Gasteiger partial charge in [-0.3, -0.25) is 9.59 Å². The Morgan fingerprint density at radius 3 is 2.54 bits per heavy atom. The number of hydrogen-bond donors (Lipinski definition) is 1. The zero-order valence-corrected chi connectivity index (χ0v) is 14.1. The van der Waals surface area contributed by atoms with Crippen molar-refractivity contribution in [3.05, 3.63) is 35.9 Å². The lowest BCUT2D eigenvalue weighted by atomic mass is 10.1. The number of piperazine rings is 1. The molecule has 130 valence electrons. The summed E-state index contributed by atoms with van der Waals surface area (Å²) in [4.78, 5) is 28.2. The van der Waals surface area contributed by atoms with E-state index in [0.29, 0.717) is 19.0 Å². The van der Waals surface area contributed by atoms with Gasteiger partial charge in [0.25, 0.3) is 0 Å². The van der Waals surface area contributed by atoms with Crippen molar-refractivity contribution < 1.29 is 14.7 Å². The summed E-state index contributed by atoms with van der Waals surface area (Å²) in [5.41, 5.74) is 0.733. The van der Waals surface area contributed by atoms with E-state index < -0.39 is 6.10 Å². The molecule has 1 atom stereocenters. The van der Waals surface area contributed by atoms with Crippen LogP contribution in [0.2, 0.25) is 0 Å². The van der Waals surface area contributed by atoms with Crippen molar-refractivity contribution in [1.29, 1.82) is 0 Å². The Balaban J connectivity index is 1.49. The van der Waals surface area contributed by atoms with E-state index in [0.717, 1.165) is 12.1 Å². The third-order valence-corrected chi connectivity index (χ3v) is 5.18. The van der Waals surface area contributed by atoms with E-state index in [1.54, 1.807) is 4.90 Å². The summed E-state index contributed by atoms with van der Waals surface area (Å²) < 4.78 is 0. The van der Waals surface area contributed by atoms with Crippen LogP contribution in [0.15, 0.2) is 30.3 Å². The molecule has 2 amide bonds. The van der Waals surface area contributed by atoms with E-state index in [9.17, 15) is 14.7 Å². The molecule has 3 rings (SSSR count). The van der Waals surface area contributed by atoms with Crippen LogP contribution in [0.4, 0.5) is 0 Å². The molecule has 1 unspecified atom stereocenters. The SMILES string of the molecule is O=C(CC(O)c1ccccc1)N1CCN(CC2CCCC2)C(=O)C1. The van der Waals surface area contributed by atoms with Crippen molar-refractivity contribution in [3.8, 4) is 0 Å². The molecule has 2 aliphatic rings. The first kappa shape index (κ1) is 17.0. The summed E-state index contributed by atoms with van der Waals surface area (Å²) >= 11 is 0. The molecule has 5 nitrogen and oxygen atoms in total. The molecular weight excluding hydrogens is 304 g/mol. The van der Waals surface area contributed by atoms with E-state index in [2.05, 4.69) is 0 Å². The topological polar surface area (TPSA) is 60.9 Å². The number of amides is 2. The predicted molar refractivity (Wildman–Crippen MR) is 91.1 cm³/mol. The lowest BCUT2D eigenvalue weighted by molar-refractivity contribution is -0.146. The molecule has 1 aromatic rings. The monoisotopic (exact) mass is 330 g/mol. The summed E-state index contributed by atoms with van der Waals surface area (Å²) in [5, 5.41) is 10.2. The second-order valence-electron chi connectivity index (χ2n) is 6.94. The fourth-order valence-electron chi connectivity index (χ4n) is 3.71. The van der Waals surface area contributed by atoms with Crippen molar-refractivity contribution in [2.24, 2.45) is 5.92 Å². The molecule has 0 spiro atoms. The number of rotatable bonds is 5. The standard InChI is InChI=1S/C19H26N2O3/c22-17(16-8-2-1-3-9-16)12-18(23)21-11-10-20(19(24)14-21)13-15-6-4-5-7-15/h1-3,8-9,15,17,22H,4-7,10-14H2. The van der Waals surface area contributed by atoms with Crippen molar-refractivity contribution in [3.63, 3.8) is 0 Å². The van der Waals surface area contributed by atoms with Crippen molar-refractivity contribution >= 4 is 11.8 Å². The molecule has 1 N–H and O–H groups in total. The van der Waals surface area contributed by atoms with E-state index in [1.807, 2.05) is 35.2 Å². The summed E-state index contributed by atoms with van der Waals surface area (Å²) in [6.07, 6.45) is 4.19. The maximum atomic E-state index is 12.4. The average molecular weight is 330 g/mol. The van der Waals surface area contributed by atoms with Gasteiger partial charge < -0.3 is 14.9 Å². The van der Waals surface area contributed by atoms with Gasteiger partial charge in [0.2, 0.25) is 11.8 Å². The molecular formula is C19H26N2O3. The summed E-state index contributed by atoms with van der Waals surface area (Å²) in [6, 6.07) is 9.17. The quantitative estimate of drug-likeness (QED) is 0.898. The van der Waals surface area contributed by atoms with Crippen LogP contribution in [0.25, 0.3) is 0 Å². The largest absolute Gasteiger partial charge is 0.388 e. The summed E-state index contributed by atoms with van der Waals surface area (Å²) in [5.74, 6) is 0.520. The van der Waals surface area contributed by atoms with Gasteiger partial charge in [0, 0.05) is 19.6 Å². The number of aliphatic hydroxyl groups is 1.